The highest BCUT2D eigenvalue weighted by Crippen LogP contribution is 2.08. The van der Waals surface area contributed by atoms with Crippen molar-refractivity contribution in [3.8, 4) is 0 Å². The Bertz CT molecular complexity index is 494. The van der Waals surface area contributed by atoms with Gasteiger partial charge in [0.25, 0.3) is 0 Å². The van der Waals surface area contributed by atoms with Crippen LogP contribution in [0.25, 0.3) is 0 Å². The van der Waals surface area contributed by atoms with Crippen molar-refractivity contribution < 1.29 is 4.79 Å². The Hall–Kier alpha value is -1.83. The predicted octanol–water partition coefficient (Wildman–Crippen LogP) is 3.05. The molecular weight excluding hydrogens is 198 g/mol. The van der Waals surface area contributed by atoms with E-state index < -0.39 is 0 Å². The van der Waals surface area contributed by atoms with Crippen molar-refractivity contribution in [2.45, 2.75) is 20.4 Å². The molecule has 1 heterocycles. The molecule has 0 N–H and O–H groups in total. The molecule has 0 radical (unpaired) electrons. The molecule has 0 aliphatic rings. The highest BCUT2D eigenvalue weighted by atomic mass is 16.1. The van der Waals surface area contributed by atoms with Crippen LogP contribution in [0.5, 0.6) is 0 Å². The van der Waals surface area contributed by atoms with Crippen LogP contribution in [-0.2, 0) is 6.54 Å². The lowest BCUT2D eigenvalue weighted by molar-refractivity contribution is 0.101. The zero-order chi connectivity index (χ0) is 11.5. The van der Waals surface area contributed by atoms with Crippen molar-refractivity contribution in [3.05, 3.63) is 59.4 Å². The molecule has 16 heavy (non-hydrogen) atoms. The predicted molar refractivity (Wildman–Crippen MR) is 64.7 cm³/mol. The van der Waals surface area contributed by atoms with Crippen LogP contribution in [0.1, 0.15) is 28.4 Å². The highest BCUT2D eigenvalue weighted by Gasteiger charge is 2.01. The smallest absolute Gasteiger partial charge is 0.161 e. The first-order valence-electron chi connectivity index (χ1n) is 5.37. The zero-order valence-corrected chi connectivity index (χ0v) is 9.60. The standard InChI is InChI=1S/C14H15NO/c1-11-3-5-13(6-4-11)9-15-8-7-14(10-15)12(2)16/h3-8,10H,9H2,1-2H3. The van der Waals surface area contributed by atoms with Gasteiger partial charge in [0, 0.05) is 24.5 Å². The lowest BCUT2D eigenvalue weighted by Crippen LogP contribution is -1.97. The second-order valence-electron chi connectivity index (χ2n) is 4.11. The molecule has 0 spiro atoms. The summed E-state index contributed by atoms with van der Waals surface area (Å²) in [6.07, 6.45) is 3.83. The molecule has 2 nitrogen and oxygen atoms in total. The molecule has 0 saturated carbocycles. The molecule has 0 fully saturated rings. The van der Waals surface area contributed by atoms with Gasteiger partial charge in [0.2, 0.25) is 0 Å². The topological polar surface area (TPSA) is 22.0 Å². The fourth-order valence-corrected chi connectivity index (χ4v) is 1.65. The van der Waals surface area contributed by atoms with Gasteiger partial charge >= 0.3 is 0 Å². The van der Waals surface area contributed by atoms with Crippen LogP contribution in [0.3, 0.4) is 0 Å². The van der Waals surface area contributed by atoms with Gasteiger partial charge in [-0.1, -0.05) is 29.8 Å². The first kappa shape index (κ1) is 10.7. The van der Waals surface area contributed by atoms with E-state index in [2.05, 4.69) is 31.2 Å². The molecule has 0 atom stereocenters. The van der Waals surface area contributed by atoms with Crippen molar-refractivity contribution in [1.29, 1.82) is 0 Å². The molecule has 2 heteroatoms. The highest BCUT2D eigenvalue weighted by molar-refractivity contribution is 5.93. The van der Waals surface area contributed by atoms with E-state index in [1.807, 2.05) is 23.0 Å². The number of carbonyl (C=O) groups excluding carboxylic acids is 1. The molecule has 1 aromatic carbocycles. The number of ketones is 1. The zero-order valence-electron chi connectivity index (χ0n) is 9.60. The van der Waals surface area contributed by atoms with Gasteiger partial charge in [-0.3, -0.25) is 4.79 Å². The van der Waals surface area contributed by atoms with Crippen molar-refractivity contribution in [1.82, 2.24) is 4.57 Å². The van der Waals surface area contributed by atoms with Crippen LogP contribution in [-0.4, -0.2) is 10.4 Å². The first-order valence-corrected chi connectivity index (χ1v) is 5.37. The van der Waals surface area contributed by atoms with Crippen molar-refractivity contribution in [3.63, 3.8) is 0 Å². The third-order valence-electron chi connectivity index (χ3n) is 2.64. The van der Waals surface area contributed by atoms with E-state index in [0.717, 1.165) is 12.1 Å². The Labute approximate surface area is 95.5 Å². The Balaban J connectivity index is 2.14. The number of aryl methyl sites for hydroxylation is 1. The summed E-state index contributed by atoms with van der Waals surface area (Å²) in [5, 5.41) is 0. The number of Topliss-reactive ketones (excluding diaryl/α,β-unsaturated/α-hetero) is 1. The molecule has 0 amide bonds. The number of carbonyl (C=O) groups is 1. The molecule has 0 bridgehead atoms. The van der Waals surface area contributed by atoms with Crippen LogP contribution in [0.4, 0.5) is 0 Å². The maximum Gasteiger partial charge on any atom is 0.161 e. The minimum Gasteiger partial charge on any atom is -0.349 e. The minimum atomic E-state index is 0.114. The number of nitrogens with zero attached hydrogens (tertiary/aromatic N) is 1. The largest absolute Gasteiger partial charge is 0.349 e. The maximum absolute atomic E-state index is 11.1. The Morgan fingerprint density at radius 2 is 1.88 bits per heavy atom. The summed E-state index contributed by atoms with van der Waals surface area (Å²) < 4.78 is 2.03. The molecular formula is C14H15NO. The third kappa shape index (κ3) is 2.40. The van der Waals surface area contributed by atoms with Gasteiger partial charge < -0.3 is 4.57 Å². The quantitative estimate of drug-likeness (QED) is 0.718. The van der Waals surface area contributed by atoms with Gasteiger partial charge in [-0.15, -0.1) is 0 Å². The van der Waals surface area contributed by atoms with E-state index in [9.17, 15) is 4.79 Å². The van der Waals surface area contributed by atoms with E-state index in [4.69, 9.17) is 0 Å². The molecule has 1 aromatic heterocycles. The number of aromatic nitrogens is 1. The summed E-state index contributed by atoms with van der Waals surface area (Å²) in [7, 11) is 0. The van der Waals surface area contributed by atoms with Gasteiger partial charge in [0.05, 0.1) is 0 Å². The first-order chi connectivity index (χ1) is 7.65. The maximum atomic E-state index is 11.1. The second-order valence-corrected chi connectivity index (χ2v) is 4.11. The fraction of sp³-hybridized carbons (Fsp3) is 0.214. The average Bonchev–Trinajstić information content (AvgIpc) is 2.70. The van der Waals surface area contributed by atoms with Gasteiger partial charge in [-0.25, -0.2) is 0 Å². The summed E-state index contributed by atoms with van der Waals surface area (Å²) in [6.45, 7) is 4.48. The van der Waals surface area contributed by atoms with Crippen LogP contribution in [0.2, 0.25) is 0 Å². The molecule has 2 rings (SSSR count). The minimum absolute atomic E-state index is 0.114. The monoisotopic (exact) mass is 213 g/mol. The van der Waals surface area contributed by atoms with Crippen LogP contribution < -0.4 is 0 Å². The SMILES string of the molecule is CC(=O)c1ccn(Cc2ccc(C)cc2)c1. The molecule has 2 aromatic rings. The molecule has 0 aliphatic heterocycles. The van der Waals surface area contributed by atoms with Crippen LogP contribution in [0, 0.1) is 6.92 Å². The Kier molecular flexibility index (Phi) is 2.91. The normalized spacial score (nSPS) is 10.4. The lowest BCUT2D eigenvalue weighted by Gasteiger charge is -2.03. The van der Waals surface area contributed by atoms with Crippen molar-refractivity contribution >= 4 is 5.78 Å². The van der Waals surface area contributed by atoms with Crippen LogP contribution >= 0.6 is 0 Å². The van der Waals surface area contributed by atoms with Crippen molar-refractivity contribution in [2.75, 3.05) is 0 Å². The lowest BCUT2D eigenvalue weighted by atomic mass is 10.1. The van der Waals surface area contributed by atoms with Gasteiger partial charge in [0.15, 0.2) is 5.78 Å². The van der Waals surface area contributed by atoms with E-state index in [0.29, 0.717) is 0 Å². The summed E-state index contributed by atoms with van der Waals surface area (Å²) >= 11 is 0. The van der Waals surface area contributed by atoms with E-state index in [1.54, 1.807) is 6.92 Å². The number of rotatable bonds is 3. The van der Waals surface area contributed by atoms with E-state index in [-0.39, 0.29) is 5.78 Å². The number of hydrogen-bond donors (Lipinski definition) is 0. The molecule has 0 aliphatic carbocycles. The number of hydrogen-bond acceptors (Lipinski definition) is 1. The van der Waals surface area contributed by atoms with Gasteiger partial charge in [0.1, 0.15) is 0 Å². The summed E-state index contributed by atoms with van der Waals surface area (Å²) in [4.78, 5) is 11.1. The summed E-state index contributed by atoms with van der Waals surface area (Å²) in [5.41, 5.74) is 3.28. The van der Waals surface area contributed by atoms with Crippen LogP contribution in [0.15, 0.2) is 42.7 Å². The van der Waals surface area contributed by atoms with Gasteiger partial charge in [-0.05, 0) is 25.5 Å². The average molecular weight is 213 g/mol. The van der Waals surface area contributed by atoms with Gasteiger partial charge in [-0.2, -0.15) is 0 Å². The molecule has 0 unspecified atom stereocenters. The second kappa shape index (κ2) is 4.35. The Morgan fingerprint density at radius 1 is 1.19 bits per heavy atom. The summed E-state index contributed by atoms with van der Waals surface area (Å²) in [6, 6.07) is 10.3. The van der Waals surface area contributed by atoms with Crippen molar-refractivity contribution in [2.24, 2.45) is 0 Å². The fourth-order valence-electron chi connectivity index (χ4n) is 1.65. The van der Waals surface area contributed by atoms with E-state index in [1.165, 1.54) is 11.1 Å². The Morgan fingerprint density at radius 3 is 2.44 bits per heavy atom. The molecule has 0 saturated heterocycles. The third-order valence-corrected chi connectivity index (χ3v) is 2.64. The summed E-state index contributed by atoms with van der Waals surface area (Å²) in [5.74, 6) is 0.114. The molecule has 82 valence electrons. The number of benzene rings is 1. The van der Waals surface area contributed by atoms with E-state index >= 15 is 0 Å².